The second-order valence-corrected chi connectivity index (χ2v) is 2.94. The van der Waals surface area contributed by atoms with Crippen LogP contribution in [0.1, 0.15) is 19.8 Å². The second-order valence-electron chi connectivity index (χ2n) is 2.94. The zero-order valence-electron chi connectivity index (χ0n) is 8.03. The van der Waals surface area contributed by atoms with Gasteiger partial charge in [-0.2, -0.15) is 5.26 Å². The van der Waals surface area contributed by atoms with Gasteiger partial charge in [0.2, 0.25) is 0 Å². The molecule has 2 nitrogen and oxygen atoms in total. The standard InChI is InChI=1S/C11H12FNO/c1-2-9(7-8-13)14-11-6-4-3-5-10(11)12/h3-6,9H,2,7H2,1H3. The van der Waals surface area contributed by atoms with Crippen LogP contribution in [-0.2, 0) is 0 Å². The normalized spacial score (nSPS) is 11.8. The largest absolute Gasteiger partial charge is 0.486 e. The van der Waals surface area contributed by atoms with Crippen LogP contribution in [0.5, 0.6) is 5.75 Å². The first-order valence-electron chi connectivity index (χ1n) is 4.56. The molecule has 1 rings (SSSR count). The van der Waals surface area contributed by atoms with Gasteiger partial charge in [-0.15, -0.1) is 0 Å². The number of ether oxygens (including phenoxy) is 1. The number of nitriles is 1. The quantitative estimate of drug-likeness (QED) is 0.736. The van der Waals surface area contributed by atoms with E-state index in [1.165, 1.54) is 6.07 Å². The first kappa shape index (κ1) is 10.5. The Morgan fingerprint density at radius 2 is 2.21 bits per heavy atom. The van der Waals surface area contributed by atoms with Gasteiger partial charge < -0.3 is 4.74 Å². The number of benzene rings is 1. The number of para-hydroxylation sites is 1. The van der Waals surface area contributed by atoms with Crippen molar-refractivity contribution in [3.05, 3.63) is 30.1 Å². The minimum Gasteiger partial charge on any atom is -0.486 e. The monoisotopic (exact) mass is 193 g/mol. The lowest BCUT2D eigenvalue weighted by Gasteiger charge is -2.14. The van der Waals surface area contributed by atoms with Gasteiger partial charge in [-0.3, -0.25) is 0 Å². The molecule has 1 aromatic carbocycles. The Labute approximate surface area is 82.9 Å². The van der Waals surface area contributed by atoms with Gasteiger partial charge in [0.05, 0.1) is 12.5 Å². The molecule has 0 fully saturated rings. The highest BCUT2D eigenvalue weighted by Crippen LogP contribution is 2.18. The van der Waals surface area contributed by atoms with Crippen LogP contribution in [0, 0.1) is 17.1 Å². The summed E-state index contributed by atoms with van der Waals surface area (Å²) in [4.78, 5) is 0. The molecule has 0 aromatic heterocycles. The van der Waals surface area contributed by atoms with E-state index in [0.717, 1.165) is 0 Å². The summed E-state index contributed by atoms with van der Waals surface area (Å²) in [5.41, 5.74) is 0. The molecule has 0 N–H and O–H groups in total. The van der Waals surface area contributed by atoms with E-state index in [-0.39, 0.29) is 24.1 Å². The maximum absolute atomic E-state index is 13.1. The Hall–Kier alpha value is -1.56. The summed E-state index contributed by atoms with van der Waals surface area (Å²) in [6.45, 7) is 1.91. The van der Waals surface area contributed by atoms with Gasteiger partial charge in [0.1, 0.15) is 6.10 Å². The van der Waals surface area contributed by atoms with Crippen molar-refractivity contribution in [2.24, 2.45) is 0 Å². The van der Waals surface area contributed by atoms with E-state index in [4.69, 9.17) is 10.00 Å². The molecule has 0 radical (unpaired) electrons. The van der Waals surface area contributed by atoms with Gasteiger partial charge >= 0.3 is 0 Å². The molecular formula is C11H12FNO. The van der Waals surface area contributed by atoms with Crippen LogP contribution in [0.25, 0.3) is 0 Å². The summed E-state index contributed by atoms with van der Waals surface area (Å²) in [6.07, 6.45) is 0.754. The van der Waals surface area contributed by atoms with Crippen molar-refractivity contribution in [1.82, 2.24) is 0 Å². The van der Waals surface area contributed by atoms with Crippen molar-refractivity contribution < 1.29 is 9.13 Å². The molecule has 0 aliphatic heterocycles. The molecule has 0 spiro atoms. The maximum atomic E-state index is 13.1. The predicted octanol–water partition coefficient (Wildman–Crippen LogP) is 2.90. The number of rotatable bonds is 4. The average molecular weight is 193 g/mol. The van der Waals surface area contributed by atoms with E-state index in [9.17, 15) is 4.39 Å². The predicted molar refractivity (Wildman–Crippen MR) is 51.3 cm³/mol. The van der Waals surface area contributed by atoms with E-state index in [1.54, 1.807) is 18.2 Å². The molecular weight excluding hydrogens is 181 g/mol. The molecule has 0 aliphatic carbocycles. The summed E-state index contributed by atoms with van der Waals surface area (Å²) >= 11 is 0. The smallest absolute Gasteiger partial charge is 0.165 e. The zero-order valence-corrected chi connectivity index (χ0v) is 8.03. The highest BCUT2D eigenvalue weighted by molar-refractivity contribution is 5.23. The Kier molecular flexibility index (Phi) is 3.93. The third kappa shape index (κ3) is 2.74. The van der Waals surface area contributed by atoms with E-state index >= 15 is 0 Å². The van der Waals surface area contributed by atoms with Gasteiger partial charge in [0.15, 0.2) is 11.6 Å². The van der Waals surface area contributed by atoms with Crippen molar-refractivity contribution in [3.8, 4) is 11.8 Å². The lowest BCUT2D eigenvalue weighted by Crippen LogP contribution is -2.14. The van der Waals surface area contributed by atoms with E-state index in [1.807, 2.05) is 13.0 Å². The number of hydrogen-bond donors (Lipinski definition) is 0. The third-order valence-electron chi connectivity index (χ3n) is 1.90. The molecule has 0 amide bonds. The topological polar surface area (TPSA) is 33.0 Å². The first-order chi connectivity index (χ1) is 6.77. The molecule has 74 valence electrons. The fourth-order valence-electron chi connectivity index (χ4n) is 1.09. The molecule has 0 aliphatic rings. The summed E-state index contributed by atoms with van der Waals surface area (Å²) in [5, 5.41) is 8.49. The molecule has 14 heavy (non-hydrogen) atoms. The Balaban J connectivity index is 2.68. The van der Waals surface area contributed by atoms with Crippen molar-refractivity contribution in [1.29, 1.82) is 5.26 Å². The molecule has 1 atom stereocenters. The molecule has 0 saturated heterocycles. The zero-order chi connectivity index (χ0) is 10.4. The van der Waals surface area contributed by atoms with Crippen LogP contribution < -0.4 is 4.74 Å². The molecule has 0 saturated carbocycles. The van der Waals surface area contributed by atoms with Crippen molar-refractivity contribution in [2.75, 3.05) is 0 Å². The van der Waals surface area contributed by atoms with Gasteiger partial charge in [-0.25, -0.2) is 4.39 Å². The fourth-order valence-corrected chi connectivity index (χ4v) is 1.09. The highest BCUT2D eigenvalue weighted by Gasteiger charge is 2.09. The van der Waals surface area contributed by atoms with Gasteiger partial charge in [-0.1, -0.05) is 19.1 Å². The average Bonchev–Trinajstić information content (AvgIpc) is 2.20. The van der Waals surface area contributed by atoms with Crippen molar-refractivity contribution >= 4 is 0 Å². The molecule has 1 aromatic rings. The lowest BCUT2D eigenvalue weighted by atomic mass is 10.2. The van der Waals surface area contributed by atoms with Crippen LogP contribution in [0.15, 0.2) is 24.3 Å². The van der Waals surface area contributed by atoms with Gasteiger partial charge in [-0.05, 0) is 18.6 Å². The molecule has 3 heteroatoms. The Morgan fingerprint density at radius 3 is 2.79 bits per heavy atom. The minimum absolute atomic E-state index is 0.217. The van der Waals surface area contributed by atoms with E-state index < -0.39 is 0 Å². The Morgan fingerprint density at radius 1 is 1.50 bits per heavy atom. The van der Waals surface area contributed by atoms with Crippen LogP contribution in [-0.4, -0.2) is 6.10 Å². The SMILES string of the molecule is CCC(CC#N)Oc1ccccc1F. The fraction of sp³-hybridized carbons (Fsp3) is 0.364. The van der Waals surface area contributed by atoms with Gasteiger partial charge in [0.25, 0.3) is 0 Å². The van der Waals surface area contributed by atoms with Crippen molar-refractivity contribution in [2.45, 2.75) is 25.9 Å². The molecule has 0 heterocycles. The highest BCUT2D eigenvalue weighted by atomic mass is 19.1. The number of nitrogens with zero attached hydrogens (tertiary/aromatic N) is 1. The number of hydrogen-bond acceptors (Lipinski definition) is 2. The summed E-state index contributed by atoms with van der Waals surface area (Å²) in [5.74, 6) is -0.168. The van der Waals surface area contributed by atoms with Gasteiger partial charge in [0, 0.05) is 0 Å². The van der Waals surface area contributed by atoms with Crippen molar-refractivity contribution in [3.63, 3.8) is 0 Å². The van der Waals surface area contributed by atoms with E-state index in [0.29, 0.717) is 6.42 Å². The maximum Gasteiger partial charge on any atom is 0.165 e. The first-order valence-corrected chi connectivity index (χ1v) is 4.56. The van der Waals surface area contributed by atoms with Crippen LogP contribution in [0.3, 0.4) is 0 Å². The summed E-state index contributed by atoms with van der Waals surface area (Å²) in [7, 11) is 0. The van der Waals surface area contributed by atoms with E-state index in [2.05, 4.69) is 0 Å². The third-order valence-corrected chi connectivity index (χ3v) is 1.90. The van der Waals surface area contributed by atoms with Crippen LogP contribution in [0.2, 0.25) is 0 Å². The second kappa shape index (κ2) is 5.23. The van der Waals surface area contributed by atoms with Crippen LogP contribution in [0.4, 0.5) is 4.39 Å². The lowest BCUT2D eigenvalue weighted by molar-refractivity contribution is 0.193. The number of halogens is 1. The summed E-state index contributed by atoms with van der Waals surface area (Å²) < 4.78 is 18.5. The minimum atomic E-state index is -0.385. The Bertz CT molecular complexity index is 332. The summed E-state index contributed by atoms with van der Waals surface area (Å²) in [6, 6.07) is 8.23. The molecule has 1 unspecified atom stereocenters. The van der Waals surface area contributed by atoms with Crippen LogP contribution >= 0.6 is 0 Å². The molecule has 0 bridgehead atoms.